The largest absolute Gasteiger partial charge is 0.309 e. The van der Waals surface area contributed by atoms with Gasteiger partial charge in [-0.25, -0.2) is 0 Å². The molecule has 7 nitrogen and oxygen atoms in total. The van der Waals surface area contributed by atoms with Crippen molar-refractivity contribution >= 4 is 131 Å². The van der Waals surface area contributed by atoms with Crippen LogP contribution in [0.5, 0.6) is 0 Å². The fraction of sp³-hybridized carbons (Fsp3) is 0. The molecule has 0 aliphatic carbocycles. The summed E-state index contributed by atoms with van der Waals surface area (Å²) in [5.41, 5.74) is 22.7. The molecule has 0 bridgehead atoms. The predicted octanol–water partition coefficient (Wildman–Crippen LogP) is 21.8. The average molecular weight is 1170 g/mol. The number of hydrogen-bond donors (Lipinski definition) is 0. The quantitative estimate of drug-likeness (QED) is 0.157. The molecular formula is C85H51N7. The van der Waals surface area contributed by atoms with Gasteiger partial charge in [-0.05, 0) is 163 Å². The fourth-order valence-electron chi connectivity index (χ4n) is 15.7. The van der Waals surface area contributed by atoms with E-state index in [0.29, 0.717) is 5.56 Å². The number of nitriles is 1. The SMILES string of the molecule is N#Cc1ccc(-c2cc(-n3c4ccc(-n5c6ccccc6c6ccccc65)cc4c4cc(-n5c6ccccc6c6ccccc65)ccc43)cc(-n3c4ccc(-n5c6ccccc6c6ccccc65)cc4c4cc(-n5c6ccccc6c6ccccc65)ccc43)c2)cc1. The molecule has 20 aromatic rings. The first kappa shape index (κ1) is 50.4. The van der Waals surface area contributed by atoms with Gasteiger partial charge in [-0.3, -0.25) is 0 Å². The second-order valence-corrected chi connectivity index (χ2v) is 24.4. The maximum atomic E-state index is 10.1. The molecular weight excluding hydrogens is 1120 g/mol. The van der Waals surface area contributed by atoms with Crippen molar-refractivity contribution < 1.29 is 0 Å². The monoisotopic (exact) mass is 1170 g/mol. The Morgan fingerprint density at radius 3 is 0.630 bits per heavy atom. The molecule has 20 rings (SSSR count). The molecule has 0 spiro atoms. The number of benzene rings is 14. The highest BCUT2D eigenvalue weighted by Crippen LogP contribution is 2.44. The van der Waals surface area contributed by atoms with Crippen molar-refractivity contribution in [3.8, 4) is 51.3 Å². The van der Waals surface area contributed by atoms with E-state index in [9.17, 15) is 5.26 Å². The molecule has 92 heavy (non-hydrogen) atoms. The summed E-state index contributed by atoms with van der Waals surface area (Å²) in [7, 11) is 0. The fourth-order valence-corrected chi connectivity index (χ4v) is 15.7. The molecule has 7 heteroatoms. The van der Waals surface area contributed by atoms with Crippen molar-refractivity contribution in [1.82, 2.24) is 27.4 Å². The Morgan fingerprint density at radius 2 is 0.391 bits per heavy atom. The van der Waals surface area contributed by atoms with Gasteiger partial charge in [-0.15, -0.1) is 0 Å². The summed E-state index contributed by atoms with van der Waals surface area (Å²) in [6.07, 6.45) is 0. The van der Waals surface area contributed by atoms with E-state index in [0.717, 1.165) is 133 Å². The topological polar surface area (TPSA) is 53.4 Å². The first-order chi connectivity index (χ1) is 45.6. The predicted molar refractivity (Wildman–Crippen MR) is 383 cm³/mol. The molecule has 0 atom stereocenters. The van der Waals surface area contributed by atoms with E-state index in [1.165, 1.54) is 43.1 Å². The van der Waals surface area contributed by atoms with Crippen LogP contribution >= 0.6 is 0 Å². The maximum absolute atomic E-state index is 10.1. The highest BCUT2D eigenvalue weighted by Gasteiger charge is 2.24. The van der Waals surface area contributed by atoms with Crippen molar-refractivity contribution in [1.29, 1.82) is 5.26 Å². The van der Waals surface area contributed by atoms with Gasteiger partial charge in [0.1, 0.15) is 0 Å². The minimum absolute atomic E-state index is 0.617. The maximum Gasteiger partial charge on any atom is 0.0991 e. The van der Waals surface area contributed by atoms with Crippen LogP contribution < -0.4 is 0 Å². The summed E-state index contributed by atoms with van der Waals surface area (Å²) in [6.45, 7) is 0. The molecule has 14 aromatic carbocycles. The molecule has 0 saturated heterocycles. The summed E-state index contributed by atoms with van der Waals surface area (Å²) in [6, 6.07) is 116. The standard InChI is InChI=1S/C85H51N7/c86-52-53-33-35-54(36-34-53)55-45-60(91-82-41-37-56(87-74-25-9-1-17-62(74)63-18-2-10-26-75(63)87)48-70(82)71-49-57(38-42-83(71)91)88-76-27-11-3-19-64(76)65-20-4-12-28-77(65)88)47-61(46-55)92-84-43-39-58(89-78-29-13-5-21-66(78)67-22-6-14-30-79(67)89)50-72(84)73-51-59(40-44-85(73)92)90-80-31-15-7-23-68(80)69-24-8-16-32-81(69)90/h1-51H. The van der Waals surface area contributed by atoms with E-state index in [1.54, 1.807) is 0 Å². The zero-order valence-corrected chi connectivity index (χ0v) is 49.6. The number of fused-ring (bicyclic) bond motifs is 18. The summed E-state index contributed by atoms with van der Waals surface area (Å²) >= 11 is 0. The normalized spacial score (nSPS) is 12.1. The van der Waals surface area contributed by atoms with E-state index in [1.807, 2.05) is 12.1 Å². The van der Waals surface area contributed by atoms with E-state index in [4.69, 9.17) is 0 Å². The van der Waals surface area contributed by atoms with Crippen molar-refractivity contribution in [2.24, 2.45) is 0 Å². The summed E-state index contributed by atoms with van der Waals surface area (Å²) in [4.78, 5) is 0. The lowest BCUT2D eigenvalue weighted by Gasteiger charge is -2.17. The molecule has 0 amide bonds. The third-order valence-corrected chi connectivity index (χ3v) is 19.6. The third kappa shape index (κ3) is 7.14. The lowest BCUT2D eigenvalue weighted by molar-refractivity contribution is 1.13. The van der Waals surface area contributed by atoms with Crippen LogP contribution in [0.25, 0.3) is 176 Å². The Hall–Kier alpha value is -12.6. The van der Waals surface area contributed by atoms with Gasteiger partial charge in [0.2, 0.25) is 0 Å². The lowest BCUT2D eigenvalue weighted by atomic mass is 10.0. The van der Waals surface area contributed by atoms with Crippen molar-refractivity contribution in [2.45, 2.75) is 0 Å². The van der Waals surface area contributed by atoms with Crippen molar-refractivity contribution in [3.63, 3.8) is 0 Å². The Kier molecular flexibility index (Phi) is 10.5. The Balaban J connectivity index is 0.874. The number of nitrogens with zero attached hydrogens (tertiary/aromatic N) is 7. The molecule has 0 radical (unpaired) electrons. The number of aromatic nitrogens is 6. The van der Waals surface area contributed by atoms with Crippen LogP contribution in [0, 0.1) is 11.3 Å². The molecule has 0 saturated carbocycles. The van der Waals surface area contributed by atoms with Gasteiger partial charge in [-0.2, -0.15) is 5.26 Å². The number of para-hydroxylation sites is 8. The van der Waals surface area contributed by atoms with Gasteiger partial charge < -0.3 is 27.4 Å². The van der Waals surface area contributed by atoms with Crippen molar-refractivity contribution in [2.75, 3.05) is 0 Å². The van der Waals surface area contributed by atoms with Gasteiger partial charge in [0.15, 0.2) is 0 Å². The summed E-state index contributed by atoms with van der Waals surface area (Å²) in [5, 5.41) is 24.5. The zero-order valence-electron chi connectivity index (χ0n) is 49.6. The first-order valence-electron chi connectivity index (χ1n) is 31.4. The second kappa shape index (κ2) is 19.2. The Labute approximate surface area is 526 Å². The molecule has 0 fully saturated rings. The van der Waals surface area contributed by atoms with Crippen LogP contribution in [0.1, 0.15) is 5.56 Å². The highest BCUT2D eigenvalue weighted by molar-refractivity contribution is 6.17. The Bertz CT molecular complexity index is 5660. The summed E-state index contributed by atoms with van der Waals surface area (Å²) < 4.78 is 14.7. The van der Waals surface area contributed by atoms with E-state index >= 15 is 0 Å². The molecule has 6 aromatic heterocycles. The van der Waals surface area contributed by atoms with Crippen LogP contribution in [0.2, 0.25) is 0 Å². The molecule has 6 heterocycles. The van der Waals surface area contributed by atoms with Crippen LogP contribution in [0.4, 0.5) is 0 Å². The molecule has 0 N–H and O–H groups in total. The van der Waals surface area contributed by atoms with Gasteiger partial charge in [0.25, 0.3) is 0 Å². The Morgan fingerprint density at radius 1 is 0.174 bits per heavy atom. The number of rotatable bonds is 7. The van der Waals surface area contributed by atoms with Crippen LogP contribution in [0.3, 0.4) is 0 Å². The first-order valence-corrected chi connectivity index (χ1v) is 31.4. The van der Waals surface area contributed by atoms with Crippen LogP contribution in [-0.2, 0) is 0 Å². The lowest BCUT2D eigenvalue weighted by Crippen LogP contribution is -2.01. The van der Waals surface area contributed by atoms with Gasteiger partial charge in [0.05, 0.1) is 77.8 Å². The zero-order chi connectivity index (χ0) is 60.3. The van der Waals surface area contributed by atoms with Crippen LogP contribution in [-0.4, -0.2) is 27.4 Å². The van der Waals surface area contributed by atoms with E-state index < -0.39 is 0 Å². The highest BCUT2D eigenvalue weighted by atomic mass is 15.0. The van der Waals surface area contributed by atoms with Gasteiger partial charge in [-0.1, -0.05) is 158 Å². The second-order valence-electron chi connectivity index (χ2n) is 24.4. The molecule has 0 aliphatic heterocycles. The summed E-state index contributed by atoms with van der Waals surface area (Å²) in [5.74, 6) is 0. The average Bonchev–Trinajstić information content (AvgIpc) is 1.58. The smallest absolute Gasteiger partial charge is 0.0991 e. The third-order valence-electron chi connectivity index (χ3n) is 19.6. The minimum Gasteiger partial charge on any atom is -0.309 e. The van der Waals surface area contributed by atoms with Gasteiger partial charge in [0, 0.05) is 98.8 Å². The molecule has 0 unspecified atom stereocenters. The van der Waals surface area contributed by atoms with E-state index in [2.05, 4.69) is 331 Å². The molecule has 426 valence electrons. The minimum atomic E-state index is 0.617. The molecule has 0 aliphatic rings. The van der Waals surface area contributed by atoms with E-state index in [-0.39, 0.29) is 0 Å². The van der Waals surface area contributed by atoms with Crippen LogP contribution in [0.15, 0.2) is 309 Å². The number of hydrogen-bond acceptors (Lipinski definition) is 1. The van der Waals surface area contributed by atoms with Gasteiger partial charge >= 0.3 is 0 Å². The van der Waals surface area contributed by atoms with Crippen molar-refractivity contribution in [3.05, 3.63) is 315 Å².